The van der Waals surface area contributed by atoms with Crippen LogP contribution in [0.3, 0.4) is 0 Å². The van der Waals surface area contributed by atoms with Crippen molar-refractivity contribution in [1.82, 2.24) is 0 Å². The highest BCUT2D eigenvalue weighted by atomic mass is 16.4. The molecule has 0 saturated heterocycles. The summed E-state index contributed by atoms with van der Waals surface area (Å²) >= 11 is 0. The molecule has 16 heavy (non-hydrogen) atoms. The number of carboxylic acids is 1. The van der Waals surface area contributed by atoms with Gasteiger partial charge in [-0.2, -0.15) is 0 Å². The Morgan fingerprint density at radius 3 is 2.44 bits per heavy atom. The van der Waals surface area contributed by atoms with Crippen molar-refractivity contribution in [3.05, 3.63) is 23.2 Å². The van der Waals surface area contributed by atoms with Crippen molar-refractivity contribution in [3.8, 4) is 0 Å². The van der Waals surface area contributed by atoms with Gasteiger partial charge in [0, 0.05) is 11.3 Å². The van der Waals surface area contributed by atoms with Gasteiger partial charge in [0.25, 0.3) is 0 Å². The van der Waals surface area contributed by atoms with Gasteiger partial charge < -0.3 is 9.52 Å². The van der Waals surface area contributed by atoms with Crippen molar-refractivity contribution in [1.29, 1.82) is 0 Å². The monoisotopic (exact) mass is 222 g/mol. The van der Waals surface area contributed by atoms with E-state index in [0.717, 1.165) is 18.6 Å². The molecular weight excluding hydrogens is 204 g/mol. The van der Waals surface area contributed by atoms with E-state index in [-0.39, 0.29) is 5.41 Å². The fourth-order valence-corrected chi connectivity index (χ4v) is 1.92. The third kappa shape index (κ3) is 1.86. The molecule has 0 amide bonds. The quantitative estimate of drug-likeness (QED) is 0.832. The van der Waals surface area contributed by atoms with Gasteiger partial charge in [0.15, 0.2) is 0 Å². The van der Waals surface area contributed by atoms with Gasteiger partial charge in [-0.15, -0.1) is 0 Å². The van der Waals surface area contributed by atoms with Gasteiger partial charge in [0.05, 0.1) is 0 Å². The second kappa shape index (κ2) is 3.65. The van der Waals surface area contributed by atoms with Crippen LogP contribution in [0, 0.1) is 0 Å². The maximum Gasteiger partial charge on any atom is 0.339 e. The maximum absolute atomic E-state index is 11.1. The molecule has 88 valence electrons. The van der Waals surface area contributed by atoms with Crippen molar-refractivity contribution in [3.63, 3.8) is 0 Å². The zero-order valence-electron chi connectivity index (χ0n) is 10.0. The van der Waals surface area contributed by atoms with Crippen molar-refractivity contribution in [2.75, 3.05) is 0 Å². The molecule has 1 aliphatic rings. The van der Waals surface area contributed by atoms with Gasteiger partial charge >= 0.3 is 5.97 Å². The van der Waals surface area contributed by atoms with Crippen LogP contribution in [-0.4, -0.2) is 11.1 Å². The summed E-state index contributed by atoms with van der Waals surface area (Å²) in [6, 6.07) is 1.69. The molecule has 2 rings (SSSR count). The average Bonchev–Trinajstić information content (AvgIpc) is 2.44. The van der Waals surface area contributed by atoms with E-state index in [1.807, 2.05) is 20.8 Å². The highest BCUT2D eigenvalue weighted by molar-refractivity contribution is 5.89. The van der Waals surface area contributed by atoms with Crippen LogP contribution >= 0.6 is 0 Å². The van der Waals surface area contributed by atoms with Crippen molar-refractivity contribution >= 4 is 5.97 Å². The van der Waals surface area contributed by atoms with Crippen LogP contribution < -0.4 is 0 Å². The first-order chi connectivity index (χ1) is 7.39. The standard InChI is InChI=1S/C13H18O3/c1-13(2,3)10-7-9(12(14)15)11(16-10)8-5-4-6-8/h7-8H,4-6H2,1-3H3,(H,14,15). The van der Waals surface area contributed by atoms with Gasteiger partial charge in [-0.25, -0.2) is 4.79 Å². The Balaban J connectivity index is 2.41. The van der Waals surface area contributed by atoms with Crippen LogP contribution in [0.2, 0.25) is 0 Å². The molecule has 0 radical (unpaired) electrons. The number of carbonyl (C=O) groups is 1. The highest BCUT2D eigenvalue weighted by Crippen LogP contribution is 2.41. The smallest absolute Gasteiger partial charge is 0.339 e. The first-order valence-electron chi connectivity index (χ1n) is 5.77. The predicted molar refractivity (Wildman–Crippen MR) is 61.0 cm³/mol. The molecule has 1 N–H and O–H groups in total. The van der Waals surface area contributed by atoms with Crippen LogP contribution in [0.25, 0.3) is 0 Å². The third-order valence-corrected chi connectivity index (χ3v) is 3.21. The summed E-state index contributed by atoms with van der Waals surface area (Å²) in [5.74, 6) is 0.902. The summed E-state index contributed by atoms with van der Waals surface area (Å²) in [6.45, 7) is 6.09. The normalized spacial score (nSPS) is 17.2. The van der Waals surface area contributed by atoms with Gasteiger partial charge in [-0.1, -0.05) is 27.2 Å². The Morgan fingerprint density at radius 1 is 1.44 bits per heavy atom. The molecule has 1 fully saturated rings. The van der Waals surface area contributed by atoms with Gasteiger partial charge in [-0.3, -0.25) is 0 Å². The Hall–Kier alpha value is -1.25. The number of furan rings is 1. The van der Waals surface area contributed by atoms with E-state index in [1.165, 1.54) is 6.42 Å². The first-order valence-corrected chi connectivity index (χ1v) is 5.77. The van der Waals surface area contributed by atoms with E-state index >= 15 is 0 Å². The molecule has 1 aromatic rings. The molecule has 0 aromatic carbocycles. The summed E-state index contributed by atoms with van der Waals surface area (Å²) in [5, 5.41) is 9.15. The summed E-state index contributed by atoms with van der Waals surface area (Å²) in [7, 11) is 0. The predicted octanol–water partition coefficient (Wildman–Crippen LogP) is 3.54. The minimum Gasteiger partial charge on any atom is -0.478 e. The molecule has 1 aromatic heterocycles. The highest BCUT2D eigenvalue weighted by Gasteiger charge is 2.31. The van der Waals surface area contributed by atoms with Crippen molar-refractivity contribution in [2.45, 2.75) is 51.4 Å². The average molecular weight is 222 g/mol. The molecule has 0 bridgehead atoms. The molecule has 0 unspecified atom stereocenters. The second-order valence-electron chi connectivity index (χ2n) is 5.57. The summed E-state index contributed by atoms with van der Waals surface area (Å²) in [4.78, 5) is 11.1. The molecule has 0 atom stereocenters. The molecule has 1 saturated carbocycles. The van der Waals surface area contributed by atoms with Crippen LogP contribution in [-0.2, 0) is 5.41 Å². The molecular formula is C13H18O3. The van der Waals surface area contributed by atoms with E-state index in [9.17, 15) is 4.79 Å². The zero-order valence-corrected chi connectivity index (χ0v) is 10.0. The Kier molecular flexibility index (Phi) is 2.56. The number of rotatable bonds is 2. The number of carboxylic acid groups (broad SMARTS) is 1. The van der Waals surface area contributed by atoms with Crippen molar-refractivity contribution in [2.24, 2.45) is 0 Å². The lowest BCUT2D eigenvalue weighted by Crippen LogP contribution is -2.11. The summed E-state index contributed by atoms with van der Waals surface area (Å²) in [6.07, 6.45) is 3.28. The topological polar surface area (TPSA) is 50.4 Å². The van der Waals surface area contributed by atoms with E-state index in [0.29, 0.717) is 17.2 Å². The van der Waals surface area contributed by atoms with Crippen LogP contribution in [0.1, 0.15) is 67.8 Å². The second-order valence-corrected chi connectivity index (χ2v) is 5.57. The molecule has 3 heteroatoms. The lowest BCUT2D eigenvalue weighted by Gasteiger charge is -2.24. The van der Waals surface area contributed by atoms with Gasteiger partial charge in [0.1, 0.15) is 17.1 Å². The van der Waals surface area contributed by atoms with Gasteiger partial charge in [0.2, 0.25) is 0 Å². The Labute approximate surface area is 95.5 Å². The molecule has 1 heterocycles. The maximum atomic E-state index is 11.1. The van der Waals surface area contributed by atoms with E-state index in [4.69, 9.17) is 9.52 Å². The lowest BCUT2D eigenvalue weighted by molar-refractivity contribution is 0.0692. The SMILES string of the molecule is CC(C)(C)c1cc(C(=O)O)c(C2CCC2)o1. The number of hydrogen-bond acceptors (Lipinski definition) is 2. The first kappa shape index (κ1) is 11.2. The lowest BCUT2D eigenvalue weighted by atomic mass is 9.82. The minimum absolute atomic E-state index is 0.133. The van der Waals surface area contributed by atoms with Crippen LogP contribution in [0.4, 0.5) is 0 Å². The van der Waals surface area contributed by atoms with E-state index in [2.05, 4.69) is 0 Å². The number of aromatic carboxylic acids is 1. The molecule has 1 aliphatic carbocycles. The number of hydrogen-bond donors (Lipinski definition) is 1. The van der Waals surface area contributed by atoms with Crippen LogP contribution in [0.5, 0.6) is 0 Å². The van der Waals surface area contributed by atoms with E-state index < -0.39 is 5.97 Å². The fraction of sp³-hybridized carbons (Fsp3) is 0.615. The minimum atomic E-state index is -0.874. The molecule has 0 aliphatic heterocycles. The van der Waals surface area contributed by atoms with Crippen LogP contribution in [0.15, 0.2) is 10.5 Å². The third-order valence-electron chi connectivity index (χ3n) is 3.21. The molecule has 3 nitrogen and oxygen atoms in total. The fourth-order valence-electron chi connectivity index (χ4n) is 1.92. The summed E-state index contributed by atoms with van der Waals surface area (Å²) in [5.41, 5.74) is 0.223. The summed E-state index contributed by atoms with van der Waals surface area (Å²) < 4.78 is 5.76. The van der Waals surface area contributed by atoms with E-state index in [1.54, 1.807) is 6.07 Å². The molecule has 0 spiro atoms. The Bertz CT molecular complexity index is 405. The zero-order chi connectivity index (χ0) is 11.9. The Morgan fingerprint density at radius 2 is 2.06 bits per heavy atom. The van der Waals surface area contributed by atoms with Gasteiger partial charge in [-0.05, 0) is 18.9 Å². The largest absolute Gasteiger partial charge is 0.478 e. The van der Waals surface area contributed by atoms with Crippen molar-refractivity contribution < 1.29 is 14.3 Å².